The lowest BCUT2D eigenvalue weighted by atomic mass is 10.1. The second-order valence-electron chi connectivity index (χ2n) is 7.55. The quantitative estimate of drug-likeness (QED) is 0.375. The Morgan fingerprint density at radius 1 is 0.909 bits per heavy atom. The van der Waals surface area contributed by atoms with Gasteiger partial charge in [0.15, 0.2) is 5.65 Å². The maximum atomic E-state index is 13.3. The number of nitrogens with zero attached hydrogens (tertiary/aromatic N) is 3. The van der Waals surface area contributed by atoms with E-state index in [1.165, 1.54) is 6.07 Å². The molecule has 33 heavy (non-hydrogen) atoms. The Bertz CT molecular complexity index is 1160. The Morgan fingerprint density at radius 2 is 1.58 bits per heavy atom. The number of carbonyl (C=O) groups is 1. The van der Waals surface area contributed by atoms with Gasteiger partial charge in [0.05, 0.1) is 11.1 Å². The van der Waals surface area contributed by atoms with Crippen LogP contribution >= 0.6 is 0 Å². The number of aromatic nitrogens is 2. The Hall–Kier alpha value is -3.37. The number of esters is 1. The summed E-state index contributed by atoms with van der Waals surface area (Å²) in [4.78, 5) is 21.2. The summed E-state index contributed by atoms with van der Waals surface area (Å²) in [5.74, 6) is -0.253. The number of pyridine rings is 2. The van der Waals surface area contributed by atoms with Crippen molar-refractivity contribution in [1.29, 1.82) is 0 Å². The lowest BCUT2D eigenvalue weighted by Gasteiger charge is -2.32. The number of carbonyl (C=O) groups excluding carboxylic acids is 1. The van der Waals surface area contributed by atoms with Gasteiger partial charge in [-0.2, -0.15) is 26.3 Å². The van der Waals surface area contributed by atoms with Crippen LogP contribution in [0.2, 0.25) is 0 Å². The maximum absolute atomic E-state index is 13.3. The minimum Gasteiger partial charge on any atom is -0.459 e. The molecule has 0 atom stereocenters. The predicted molar refractivity (Wildman–Crippen MR) is 107 cm³/mol. The van der Waals surface area contributed by atoms with E-state index >= 15 is 0 Å². The summed E-state index contributed by atoms with van der Waals surface area (Å²) >= 11 is 0. The summed E-state index contributed by atoms with van der Waals surface area (Å²) in [6.07, 6.45) is -9.54. The van der Waals surface area contributed by atoms with E-state index in [9.17, 15) is 31.1 Å². The van der Waals surface area contributed by atoms with Crippen LogP contribution in [0.25, 0.3) is 11.0 Å². The van der Waals surface area contributed by atoms with E-state index in [2.05, 4.69) is 9.97 Å². The molecule has 1 saturated heterocycles. The predicted octanol–water partition coefficient (Wildman–Crippen LogP) is 5.49. The normalized spacial score (nSPS) is 15.6. The molecule has 3 heterocycles. The SMILES string of the molecule is O=C(OC1CCN(c2ccc3c(C(F)(F)F)cc(C(F)(F)F)nc3n2)CC1)c1ccccc1. The topological polar surface area (TPSA) is 55.3 Å². The molecule has 1 fully saturated rings. The fourth-order valence-corrected chi connectivity index (χ4v) is 3.65. The van der Waals surface area contributed by atoms with Crippen LogP contribution in [0.5, 0.6) is 0 Å². The number of rotatable bonds is 3. The first kappa shape index (κ1) is 22.8. The number of fused-ring (bicyclic) bond motifs is 1. The van der Waals surface area contributed by atoms with Crippen LogP contribution in [0.1, 0.15) is 34.5 Å². The van der Waals surface area contributed by atoms with Gasteiger partial charge in [-0.15, -0.1) is 0 Å². The Kier molecular flexibility index (Phi) is 5.89. The smallest absolute Gasteiger partial charge is 0.433 e. The summed E-state index contributed by atoms with van der Waals surface area (Å²) in [5, 5.41) is -0.508. The fourth-order valence-electron chi connectivity index (χ4n) is 3.65. The van der Waals surface area contributed by atoms with Gasteiger partial charge in [0.2, 0.25) is 0 Å². The number of hydrogen-bond donors (Lipinski definition) is 0. The van der Waals surface area contributed by atoms with Gasteiger partial charge in [0, 0.05) is 31.3 Å². The van der Waals surface area contributed by atoms with Crippen LogP contribution in [0, 0.1) is 0 Å². The molecule has 5 nitrogen and oxygen atoms in total. The molecule has 0 aliphatic carbocycles. The number of alkyl halides is 6. The third-order valence-corrected chi connectivity index (χ3v) is 5.30. The van der Waals surface area contributed by atoms with Crippen LogP contribution in [-0.2, 0) is 17.1 Å². The second-order valence-corrected chi connectivity index (χ2v) is 7.55. The number of benzene rings is 1. The van der Waals surface area contributed by atoms with E-state index in [0.29, 0.717) is 31.5 Å². The first-order valence-corrected chi connectivity index (χ1v) is 9.99. The van der Waals surface area contributed by atoms with Gasteiger partial charge in [-0.05, 0) is 30.3 Å². The summed E-state index contributed by atoms with van der Waals surface area (Å²) < 4.78 is 84.8. The largest absolute Gasteiger partial charge is 0.459 e. The molecule has 1 aromatic carbocycles. The minimum atomic E-state index is -5.05. The number of anilines is 1. The van der Waals surface area contributed by atoms with Crippen LogP contribution in [0.3, 0.4) is 0 Å². The Labute approximate surface area is 184 Å². The molecule has 0 amide bonds. The summed E-state index contributed by atoms with van der Waals surface area (Å²) in [6.45, 7) is 0.715. The molecule has 11 heteroatoms. The summed E-state index contributed by atoms with van der Waals surface area (Å²) in [6, 6.07) is 10.9. The average molecular weight is 469 g/mol. The Balaban J connectivity index is 1.53. The van der Waals surface area contributed by atoms with Gasteiger partial charge in [-0.3, -0.25) is 0 Å². The Morgan fingerprint density at radius 3 is 2.18 bits per heavy atom. The molecule has 2 aromatic heterocycles. The first-order chi connectivity index (χ1) is 15.5. The van der Waals surface area contributed by atoms with E-state index in [1.54, 1.807) is 35.2 Å². The molecule has 0 bridgehead atoms. The van der Waals surface area contributed by atoms with Crippen LogP contribution in [-0.4, -0.2) is 35.1 Å². The van der Waals surface area contributed by atoms with E-state index in [1.807, 2.05) is 0 Å². The molecule has 0 saturated carbocycles. The van der Waals surface area contributed by atoms with Gasteiger partial charge in [-0.1, -0.05) is 18.2 Å². The molecule has 1 aliphatic heterocycles. The lowest BCUT2D eigenvalue weighted by Crippen LogP contribution is -2.38. The number of ether oxygens (including phenoxy) is 1. The van der Waals surface area contributed by atoms with Gasteiger partial charge in [0.25, 0.3) is 0 Å². The van der Waals surface area contributed by atoms with Crippen molar-refractivity contribution in [3.63, 3.8) is 0 Å². The highest BCUT2D eigenvalue weighted by Crippen LogP contribution is 2.38. The minimum absolute atomic E-state index is 0.00371. The van der Waals surface area contributed by atoms with Crippen molar-refractivity contribution >= 4 is 22.8 Å². The van der Waals surface area contributed by atoms with Crippen LogP contribution in [0.4, 0.5) is 32.2 Å². The molecule has 0 spiro atoms. The molecular formula is C22H17F6N3O2. The highest BCUT2D eigenvalue weighted by molar-refractivity contribution is 5.89. The molecule has 0 radical (unpaired) electrons. The van der Waals surface area contributed by atoms with E-state index in [-0.39, 0.29) is 18.0 Å². The zero-order valence-electron chi connectivity index (χ0n) is 17.0. The van der Waals surface area contributed by atoms with Crippen molar-refractivity contribution in [1.82, 2.24) is 9.97 Å². The number of hydrogen-bond acceptors (Lipinski definition) is 5. The lowest BCUT2D eigenvalue weighted by molar-refractivity contribution is -0.144. The van der Waals surface area contributed by atoms with Crippen molar-refractivity contribution in [3.05, 3.63) is 65.4 Å². The van der Waals surface area contributed by atoms with Crippen molar-refractivity contribution < 1.29 is 35.9 Å². The molecular weight excluding hydrogens is 452 g/mol. The third-order valence-electron chi connectivity index (χ3n) is 5.30. The van der Waals surface area contributed by atoms with Gasteiger partial charge in [0.1, 0.15) is 17.6 Å². The third kappa shape index (κ3) is 5.01. The highest BCUT2D eigenvalue weighted by atomic mass is 19.4. The van der Waals surface area contributed by atoms with E-state index in [4.69, 9.17) is 4.74 Å². The molecule has 3 aromatic rings. The zero-order chi connectivity index (χ0) is 23.8. The molecule has 1 aliphatic rings. The van der Waals surface area contributed by atoms with Crippen molar-refractivity contribution in [2.24, 2.45) is 0 Å². The summed E-state index contributed by atoms with van der Waals surface area (Å²) in [7, 11) is 0. The molecule has 0 unspecified atom stereocenters. The van der Waals surface area contributed by atoms with Gasteiger partial charge >= 0.3 is 18.3 Å². The fraction of sp³-hybridized carbons (Fsp3) is 0.318. The highest BCUT2D eigenvalue weighted by Gasteiger charge is 2.39. The van der Waals surface area contributed by atoms with Gasteiger partial charge in [-0.25, -0.2) is 14.8 Å². The van der Waals surface area contributed by atoms with Crippen molar-refractivity contribution in [3.8, 4) is 0 Å². The second kappa shape index (κ2) is 8.53. The molecule has 174 valence electrons. The van der Waals surface area contributed by atoms with E-state index < -0.39 is 40.6 Å². The van der Waals surface area contributed by atoms with E-state index in [0.717, 1.165) is 6.07 Å². The van der Waals surface area contributed by atoms with Crippen molar-refractivity contribution in [2.45, 2.75) is 31.3 Å². The van der Waals surface area contributed by atoms with Crippen LogP contribution < -0.4 is 4.90 Å². The molecule has 4 rings (SSSR count). The van der Waals surface area contributed by atoms with Crippen LogP contribution in [0.15, 0.2) is 48.5 Å². The average Bonchev–Trinajstić information content (AvgIpc) is 2.77. The molecule has 0 N–H and O–H groups in total. The first-order valence-electron chi connectivity index (χ1n) is 9.99. The number of piperidine rings is 1. The maximum Gasteiger partial charge on any atom is 0.433 e. The monoisotopic (exact) mass is 469 g/mol. The summed E-state index contributed by atoms with van der Waals surface area (Å²) in [5.41, 5.74) is -3.31. The van der Waals surface area contributed by atoms with Gasteiger partial charge < -0.3 is 9.64 Å². The number of halogens is 6. The standard InChI is InChI=1S/C22H17F6N3O2/c23-21(24,25)16-12-17(22(26,27)28)29-19-15(16)6-7-18(30-19)31-10-8-14(9-11-31)33-20(32)13-4-2-1-3-5-13/h1-7,12,14H,8-11H2. The zero-order valence-corrected chi connectivity index (χ0v) is 17.0. The van der Waals surface area contributed by atoms with Crippen molar-refractivity contribution in [2.75, 3.05) is 18.0 Å².